The van der Waals surface area contributed by atoms with E-state index in [2.05, 4.69) is 10.6 Å². The van der Waals surface area contributed by atoms with E-state index in [1.807, 2.05) is 6.92 Å². The second kappa shape index (κ2) is 7.69. The predicted molar refractivity (Wildman–Crippen MR) is 74.5 cm³/mol. The third-order valence-electron chi connectivity index (χ3n) is 2.65. The van der Waals surface area contributed by atoms with Crippen molar-refractivity contribution in [1.29, 1.82) is 0 Å². The topological polar surface area (TPSA) is 78.4 Å². The average molecular weight is 303 g/mol. The molecule has 20 heavy (non-hydrogen) atoms. The molecule has 0 radical (unpaired) electrons. The van der Waals surface area contributed by atoms with Gasteiger partial charge in [0.15, 0.2) is 5.82 Å². The van der Waals surface area contributed by atoms with Crippen LogP contribution in [0.1, 0.15) is 26.2 Å². The van der Waals surface area contributed by atoms with Gasteiger partial charge in [0.05, 0.1) is 10.7 Å². The normalized spacial score (nSPS) is 11.8. The number of nitrogens with one attached hydrogen (secondary N) is 2. The molecule has 110 valence electrons. The average Bonchev–Trinajstić information content (AvgIpc) is 2.39. The molecule has 0 saturated carbocycles. The summed E-state index contributed by atoms with van der Waals surface area (Å²) in [7, 11) is 0. The number of urea groups is 1. The van der Waals surface area contributed by atoms with Crippen molar-refractivity contribution < 1.29 is 19.1 Å². The largest absolute Gasteiger partial charge is 0.480 e. The first-order valence-electron chi connectivity index (χ1n) is 6.20. The number of rotatable bonds is 6. The van der Waals surface area contributed by atoms with Crippen LogP contribution in [0.4, 0.5) is 14.9 Å². The molecule has 0 saturated heterocycles. The van der Waals surface area contributed by atoms with E-state index in [0.29, 0.717) is 12.8 Å². The van der Waals surface area contributed by atoms with Crippen molar-refractivity contribution in [3.8, 4) is 0 Å². The molecule has 1 rings (SSSR count). The number of hydrogen-bond donors (Lipinski definition) is 3. The Kier molecular flexibility index (Phi) is 6.24. The Morgan fingerprint density at radius 3 is 2.75 bits per heavy atom. The van der Waals surface area contributed by atoms with Gasteiger partial charge in [-0.05, 0) is 18.6 Å². The molecule has 1 atom stereocenters. The molecule has 5 nitrogen and oxygen atoms in total. The first kappa shape index (κ1) is 16.2. The lowest BCUT2D eigenvalue weighted by Gasteiger charge is -2.15. The van der Waals surface area contributed by atoms with Crippen LogP contribution in [0.2, 0.25) is 5.02 Å². The smallest absolute Gasteiger partial charge is 0.326 e. The number of hydrogen-bond acceptors (Lipinski definition) is 2. The van der Waals surface area contributed by atoms with Gasteiger partial charge in [-0.25, -0.2) is 14.0 Å². The van der Waals surface area contributed by atoms with Crippen LogP contribution in [-0.2, 0) is 4.79 Å². The van der Waals surface area contributed by atoms with Crippen molar-refractivity contribution in [2.75, 3.05) is 5.32 Å². The molecule has 0 aliphatic carbocycles. The van der Waals surface area contributed by atoms with Crippen molar-refractivity contribution >= 4 is 29.3 Å². The molecule has 0 heterocycles. The molecule has 0 bridgehead atoms. The van der Waals surface area contributed by atoms with E-state index in [4.69, 9.17) is 16.7 Å². The zero-order valence-corrected chi connectivity index (χ0v) is 11.7. The SMILES string of the molecule is CCCCC(NC(=O)Nc1cccc(Cl)c1F)C(=O)O. The van der Waals surface area contributed by atoms with Crippen LogP contribution >= 0.6 is 11.6 Å². The van der Waals surface area contributed by atoms with E-state index in [0.717, 1.165) is 6.42 Å². The van der Waals surface area contributed by atoms with Crippen LogP contribution < -0.4 is 10.6 Å². The summed E-state index contributed by atoms with van der Waals surface area (Å²) < 4.78 is 13.6. The fourth-order valence-electron chi connectivity index (χ4n) is 1.58. The highest BCUT2D eigenvalue weighted by atomic mass is 35.5. The summed E-state index contributed by atoms with van der Waals surface area (Å²) in [4.78, 5) is 22.6. The number of amides is 2. The lowest BCUT2D eigenvalue weighted by molar-refractivity contribution is -0.139. The minimum absolute atomic E-state index is 0.102. The monoisotopic (exact) mass is 302 g/mol. The summed E-state index contributed by atoms with van der Waals surface area (Å²) in [6.45, 7) is 1.92. The Morgan fingerprint density at radius 2 is 2.15 bits per heavy atom. The highest BCUT2D eigenvalue weighted by Crippen LogP contribution is 2.21. The maximum Gasteiger partial charge on any atom is 0.326 e. The van der Waals surface area contributed by atoms with Gasteiger partial charge in [0, 0.05) is 0 Å². The van der Waals surface area contributed by atoms with E-state index in [-0.39, 0.29) is 10.7 Å². The molecule has 1 aromatic rings. The zero-order valence-electron chi connectivity index (χ0n) is 11.0. The van der Waals surface area contributed by atoms with Crippen molar-refractivity contribution in [3.05, 3.63) is 29.0 Å². The molecule has 1 aromatic carbocycles. The van der Waals surface area contributed by atoms with Gasteiger partial charge in [0.25, 0.3) is 0 Å². The summed E-state index contributed by atoms with van der Waals surface area (Å²) in [5.41, 5.74) is -0.102. The molecular formula is C13H16ClFN2O3. The Bertz CT molecular complexity index is 497. The van der Waals surface area contributed by atoms with Gasteiger partial charge >= 0.3 is 12.0 Å². The summed E-state index contributed by atoms with van der Waals surface area (Å²) in [5, 5.41) is 13.4. The maximum absolute atomic E-state index is 13.6. The summed E-state index contributed by atoms with van der Waals surface area (Å²) in [6.07, 6.45) is 1.80. The van der Waals surface area contributed by atoms with E-state index >= 15 is 0 Å². The zero-order chi connectivity index (χ0) is 15.1. The molecule has 0 spiro atoms. The van der Waals surface area contributed by atoms with Crippen LogP contribution in [0, 0.1) is 5.82 Å². The standard InChI is InChI=1S/C13H16ClFN2O3/c1-2-3-6-10(12(18)19)17-13(20)16-9-7-4-5-8(14)11(9)15/h4-5,7,10H,2-3,6H2,1H3,(H,18,19)(H2,16,17,20). The van der Waals surface area contributed by atoms with Gasteiger partial charge in [-0.3, -0.25) is 0 Å². The first-order valence-corrected chi connectivity index (χ1v) is 6.57. The number of unbranched alkanes of at least 4 members (excludes halogenated alkanes) is 1. The molecule has 2 amide bonds. The fraction of sp³-hybridized carbons (Fsp3) is 0.385. The highest BCUT2D eigenvalue weighted by Gasteiger charge is 2.19. The Labute approximate surface area is 121 Å². The Balaban J connectivity index is 2.66. The molecular weight excluding hydrogens is 287 g/mol. The van der Waals surface area contributed by atoms with Crippen molar-refractivity contribution in [1.82, 2.24) is 5.32 Å². The van der Waals surface area contributed by atoms with Crippen LogP contribution in [-0.4, -0.2) is 23.1 Å². The Morgan fingerprint density at radius 1 is 1.45 bits per heavy atom. The highest BCUT2D eigenvalue weighted by molar-refractivity contribution is 6.31. The van der Waals surface area contributed by atoms with Gasteiger partial charge < -0.3 is 15.7 Å². The lowest BCUT2D eigenvalue weighted by atomic mass is 10.1. The fourth-order valence-corrected chi connectivity index (χ4v) is 1.76. The van der Waals surface area contributed by atoms with Gasteiger partial charge in [-0.2, -0.15) is 0 Å². The van der Waals surface area contributed by atoms with Crippen molar-refractivity contribution in [2.24, 2.45) is 0 Å². The van der Waals surface area contributed by atoms with Gasteiger partial charge in [-0.1, -0.05) is 37.4 Å². The van der Waals surface area contributed by atoms with E-state index in [9.17, 15) is 14.0 Å². The molecule has 0 fully saturated rings. The maximum atomic E-state index is 13.6. The number of anilines is 1. The molecule has 0 aliphatic rings. The third-order valence-corrected chi connectivity index (χ3v) is 2.94. The van der Waals surface area contributed by atoms with Crippen LogP contribution in [0.15, 0.2) is 18.2 Å². The van der Waals surface area contributed by atoms with Crippen LogP contribution in [0.5, 0.6) is 0 Å². The number of halogens is 2. The van der Waals surface area contributed by atoms with Crippen LogP contribution in [0.3, 0.4) is 0 Å². The second-order valence-corrected chi connectivity index (χ2v) is 4.64. The molecule has 1 unspecified atom stereocenters. The second-order valence-electron chi connectivity index (χ2n) is 4.23. The first-order chi connectivity index (χ1) is 9.45. The lowest BCUT2D eigenvalue weighted by Crippen LogP contribution is -2.43. The van der Waals surface area contributed by atoms with Gasteiger partial charge in [0.1, 0.15) is 6.04 Å². The molecule has 0 aliphatic heterocycles. The number of carboxylic acids is 1. The van der Waals surface area contributed by atoms with Crippen molar-refractivity contribution in [2.45, 2.75) is 32.2 Å². The minimum Gasteiger partial charge on any atom is -0.480 e. The number of carbonyl (C=O) groups is 2. The van der Waals surface area contributed by atoms with E-state index < -0.39 is 23.9 Å². The summed E-state index contributed by atoms with van der Waals surface area (Å²) >= 11 is 5.58. The van der Waals surface area contributed by atoms with Gasteiger partial charge in [-0.15, -0.1) is 0 Å². The van der Waals surface area contributed by atoms with Gasteiger partial charge in [0.2, 0.25) is 0 Å². The number of carboxylic acid groups (broad SMARTS) is 1. The molecule has 0 aromatic heterocycles. The predicted octanol–water partition coefficient (Wildman–Crippen LogP) is 3.24. The third kappa shape index (κ3) is 4.70. The number of benzene rings is 1. The summed E-state index contributed by atoms with van der Waals surface area (Å²) in [6, 6.07) is 2.38. The quantitative estimate of drug-likeness (QED) is 0.755. The molecule has 3 N–H and O–H groups in total. The molecule has 7 heteroatoms. The summed E-state index contributed by atoms with van der Waals surface area (Å²) in [5.74, 6) is -1.88. The van der Waals surface area contributed by atoms with Crippen LogP contribution in [0.25, 0.3) is 0 Å². The Hall–Kier alpha value is -1.82. The number of aliphatic carboxylic acids is 1. The van der Waals surface area contributed by atoms with Crippen molar-refractivity contribution in [3.63, 3.8) is 0 Å². The van der Waals surface area contributed by atoms with E-state index in [1.54, 1.807) is 0 Å². The number of carbonyl (C=O) groups excluding carboxylic acids is 1. The minimum atomic E-state index is -1.12. The van der Waals surface area contributed by atoms with E-state index in [1.165, 1.54) is 18.2 Å².